The van der Waals surface area contributed by atoms with Crippen LogP contribution in [0.5, 0.6) is 0 Å². The Hall–Kier alpha value is -0.520. The van der Waals surface area contributed by atoms with Crippen LogP contribution < -0.4 is 5.32 Å². The fraction of sp³-hybridized carbons (Fsp3) is 0.900. The minimum absolute atomic E-state index is 0. The normalized spacial score (nSPS) is 26.5. The van der Waals surface area contributed by atoms with Crippen molar-refractivity contribution in [3.8, 4) is 0 Å². The van der Waals surface area contributed by atoms with Crippen LogP contribution in [0.3, 0.4) is 0 Å². The van der Waals surface area contributed by atoms with Crippen molar-refractivity contribution in [2.75, 3.05) is 26.2 Å². The van der Waals surface area contributed by atoms with E-state index in [2.05, 4.69) is 5.32 Å². The van der Waals surface area contributed by atoms with Crippen molar-refractivity contribution in [3.05, 3.63) is 0 Å². The molecule has 16 heavy (non-hydrogen) atoms. The lowest BCUT2D eigenvalue weighted by atomic mass is 10.1. The first-order chi connectivity index (χ1) is 7.25. The predicted molar refractivity (Wildman–Crippen MR) is 62.2 cm³/mol. The summed E-state index contributed by atoms with van der Waals surface area (Å²) in [6.45, 7) is 3.18. The van der Waals surface area contributed by atoms with Crippen molar-refractivity contribution in [3.63, 3.8) is 0 Å². The summed E-state index contributed by atoms with van der Waals surface area (Å²) in [5.74, 6) is 0. The molecule has 0 aromatic carbocycles. The molecule has 0 spiro atoms. The van der Waals surface area contributed by atoms with Gasteiger partial charge in [-0.25, -0.2) is 4.79 Å². The van der Waals surface area contributed by atoms with E-state index in [0.29, 0.717) is 19.2 Å². The number of carbonyl (C=O) groups is 1. The largest absolute Gasteiger partial charge is 0.465 e. The number of carboxylic acid groups (broad SMARTS) is 1. The maximum absolute atomic E-state index is 10.7. The number of halogens is 1. The Bertz CT molecular complexity index is 234. The fourth-order valence-electron chi connectivity index (χ4n) is 2.22. The highest BCUT2D eigenvalue weighted by Crippen LogP contribution is 2.18. The monoisotopic (exact) mass is 250 g/mol. The van der Waals surface area contributed by atoms with Crippen molar-refractivity contribution in [2.45, 2.75) is 31.5 Å². The lowest BCUT2D eigenvalue weighted by Gasteiger charge is -2.26. The van der Waals surface area contributed by atoms with Crippen LogP contribution in [-0.2, 0) is 4.74 Å². The van der Waals surface area contributed by atoms with Crippen LogP contribution in [-0.4, -0.2) is 54.5 Å². The van der Waals surface area contributed by atoms with Gasteiger partial charge in [-0.1, -0.05) is 0 Å². The number of hydrogen-bond acceptors (Lipinski definition) is 3. The summed E-state index contributed by atoms with van der Waals surface area (Å²) in [5.41, 5.74) is 0. The zero-order valence-electron chi connectivity index (χ0n) is 9.22. The molecular formula is C10H19ClN2O3. The first kappa shape index (κ1) is 13.5. The number of ether oxygens (including phenoxy) is 1. The van der Waals surface area contributed by atoms with Gasteiger partial charge in [0, 0.05) is 6.54 Å². The summed E-state index contributed by atoms with van der Waals surface area (Å²) in [5, 5.41) is 12.1. The van der Waals surface area contributed by atoms with Crippen LogP contribution in [0.25, 0.3) is 0 Å². The Morgan fingerprint density at radius 1 is 1.25 bits per heavy atom. The lowest BCUT2D eigenvalue weighted by Crippen LogP contribution is -2.36. The molecule has 2 fully saturated rings. The molecule has 94 valence electrons. The highest BCUT2D eigenvalue weighted by atomic mass is 35.5. The molecule has 0 radical (unpaired) electrons. The molecule has 0 aliphatic carbocycles. The third kappa shape index (κ3) is 3.50. The number of nitrogens with zero attached hydrogens (tertiary/aromatic N) is 1. The van der Waals surface area contributed by atoms with Gasteiger partial charge in [-0.3, -0.25) is 0 Å². The molecule has 0 aromatic heterocycles. The quantitative estimate of drug-likeness (QED) is 0.766. The molecule has 6 heteroatoms. The summed E-state index contributed by atoms with van der Waals surface area (Å²) >= 11 is 0. The van der Waals surface area contributed by atoms with E-state index in [1.54, 1.807) is 0 Å². The Morgan fingerprint density at radius 3 is 2.50 bits per heavy atom. The molecule has 2 heterocycles. The molecule has 2 saturated heterocycles. The smallest absolute Gasteiger partial charge is 0.407 e. The van der Waals surface area contributed by atoms with Gasteiger partial charge in [-0.05, 0) is 32.4 Å². The van der Waals surface area contributed by atoms with Crippen molar-refractivity contribution in [1.82, 2.24) is 10.2 Å². The van der Waals surface area contributed by atoms with E-state index in [0.717, 1.165) is 32.4 Å². The van der Waals surface area contributed by atoms with E-state index in [1.165, 1.54) is 4.90 Å². The fourth-order valence-corrected chi connectivity index (χ4v) is 2.22. The molecule has 2 aliphatic rings. The molecule has 1 amide bonds. The second-order valence-corrected chi connectivity index (χ2v) is 4.22. The van der Waals surface area contributed by atoms with Gasteiger partial charge in [0.2, 0.25) is 0 Å². The highest BCUT2D eigenvalue weighted by Gasteiger charge is 2.28. The maximum atomic E-state index is 10.7. The van der Waals surface area contributed by atoms with Crippen molar-refractivity contribution < 1.29 is 14.6 Å². The molecule has 5 nitrogen and oxygen atoms in total. The van der Waals surface area contributed by atoms with Gasteiger partial charge in [0.1, 0.15) is 0 Å². The number of hydrogen-bond donors (Lipinski definition) is 2. The summed E-state index contributed by atoms with van der Waals surface area (Å²) in [4.78, 5) is 12.1. The Balaban J connectivity index is 0.00000128. The van der Waals surface area contributed by atoms with E-state index in [4.69, 9.17) is 9.84 Å². The SMILES string of the molecule is Cl.O=C(O)N1CC[C@H](OC2CCNCC2)C1. The van der Waals surface area contributed by atoms with Gasteiger partial charge in [0.15, 0.2) is 0 Å². The Morgan fingerprint density at radius 2 is 1.94 bits per heavy atom. The summed E-state index contributed by atoms with van der Waals surface area (Å²) < 4.78 is 5.89. The van der Waals surface area contributed by atoms with Crippen LogP contribution >= 0.6 is 12.4 Å². The van der Waals surface area contributed by atoms with E-state index < -0.39 is 6.09 Å². The van der Waals surface area contributed by atoms with Crippen LogP contribution in [0, 0.1) is 0 Å². The first-order valence-corrected chi connectivity index (χ1v) is 5.60. The zero-order valence-corrected chi connectivity index (χ0v) is 10.0. The van der Waals surface area contributed by atoms with Gasteiger partial charge in [-0.15, -0.1) is 12.4 Å². The van der Waals surface area contributed by atoms with Gasteiger partial charge < -0.3 is 20.1 Å². The molecule has 2 rings (SSSR count). The number of piperidine rings is 1. The molecule has 0 unspecified atom stereocenters. The van der Waals surface area contributed by atoms with Crippen molar-refractivity contribution in [1.29, 1.82) is 0 Å². The Kier molecular flexibility index (Phi) is 5.31. The zero-order chi connectivity index (χ0) is 10.7. The molecular weight excluding hydrogens is 232 g/mol. The Labute approximate surface area is 102 Å². The number of amides is 1. The highest BCUT2D eigenvalue weighted by molar-refractivity contribution is 5.85. The van der Waals surface area contributed by atoms with Gasteiger partial charge in [-0.2, -0.15) is 0 Å². The summed E-state index contributed by atoms with van der Waals surface area (Å²) in [6, 6.07) is 0. The average Bonchev–Trinajstić information content (AvgIpc) is 2.68. The molecule has 0 aromatic rings. The van der Waals surface area contributed by atoms with Crippen molar-refractivity contribution >= 4 is 18.5 Å². The van der Waals surface area contributed by atoms with E-state index in [1.807, 2.05) is 0 Å². The van der Waals surface area contributed by atoms with Crippen LogP contribution in [0.4, 0.5) is 4.79 Å². The number of nitrogens with one attached hydrogen (secondary N) is 1. The number of rotatable bonds is 2. The van der Waals surface area contributed by atoms with Gasteiger partial charge in [0.05, 0.1) is 18.8 Å². The van der Waals surface area contributed by atoms with Crippen LogP contribution in [0.2, 0.25) is 0 Å². The summed E-state index contributed by atoms with van der Waals surface area (Å²) in [7, 11) is 0. The summed E-state index contributed by atoms with van der Waals surface area (Å²) in [6.07, 6.45) is 2.55. The third-order valence-corrected chi connectivity index (χ3v) is 3.09. The molecule has 0 saturated carbocycles. The first-order valence-electron chi connectivity index (χ1n) is 5.60. The van der Waals surface area contributed by atoms with Crippen LogP contribution in [0.1, 0.15) is 19.3 Å². The topological polar surface area (TPSA) is 61.8 Å². The lowest BCUT2D eigenvalue weighted by molar-refractivity contribution is -0.0201. The van der Waals surface area contributed by atoms with Gasteiger partial charge in [0.25, 0.3) is 0 Å². The van der Waals surface area contributed by atoms with Gasteiger partial charge >= 0.3 is 6.09 Å². The average molecular weight is 251 g/mol. The molecule has 0 bridgehead atoms. The standard InChI is InChI=1S/C10H18N2O3.ClH/c13-10(14)12-6-3-9(7-12)15-8-1-4-11-5-2-8;/h8-9,11H,1-7H2,(H,13,14);1H/t9-;/m0./s1. The maximum Gasteiger partial charge on any atom is 0.407 e. The van der Waals surface area contributed by atoms with Crippen LogP contribution in [0.15, 0.2) is 0 Å². The van der Waals surface area contributed by atoms with E-state index >= 15 is 0 Å². The number of likely N-dealkylation sites (tertiary alicyclic amines) is 1. The minimum atomic E-state index is -0.827. The van der Waals surface area contributed by atoms with E-state index in [-0.39, 0.29) is 18.5 Å². The minimum Gasteiger partial charge on any atom is -0.465 e. The molecule has 1 atom stereocenters. The molecule has 2 aliphatic heterocycles. The van der Waals surface area contributed by atoms with Crippen molar-refractivity contribution in [2.24, 2.45) is 0 Å². The van der Waals surface area contributed by atoms with E-state index in [9.17, 15) is 4.79 Å². The predicted octanol–water partition coefficient (Wildman–Crippen LogP) is 0.929. The second-order valence-electron chi connectivity index (χ2n) is 4.22. The second kappa shape index (κ2) is 6.27. The third-order valence-electron chi connectivity index (χ3n) is 3.09. The molecule has 2 N–H and O–H groups in total.